The van der Waals surface area contributed by atoms with Crippen LogP contribution in [0.5, 0.6) is 0 Å². The maximum atomic E-state index is 13.5. The minimum Gasteiger partial charge on any atom is -0.452 e. The number of imide groups is 1. The molecule has 0 saturated carbocycles. The number of amides is 3. The van der Waals surface area contributed by atoms with Gasteiger partial charge in [-0.15, -0.1) is 0 Å². The van der Waals surface area contributed by atoms with Crippen molar-refractivity contribution in [2.24, 2.45) is 0 Å². The van der Waals surface area contributed by atoms with Gasteiger partial charge in [-0.3, -0.25) is 10.1 Å². The largest absolute Gasteiger partial charge is 0.452 e. The average molecular weight is 343 g/mol. The number of carbonyl (C=O) groups excluding carboxylic acids is 3. The molecule has 1 aromatic rings. The number of carbonyl (C=O) groups is 3. The van der Waals surface area contributed by atoms with E-state index in [1.807, 2.05) is 12.2 Å². The summed E-state index contributed by atoms with van der Waals surface area (Å²) in [6.45, 7) is 1.65. The van der Waals surface area contributed by atoms with Gasteiger partial charge in [0.25, 0.3) is 5.91 Å². The predicted octanol–water partition coefficient (Wildman–Crippen LogP) is 2.27. The first-order valence-corrected chi connectivity index (χ1v) is 7.18. The fourth-order valence-electron chi connectivity index (χ4n) is 1.45. The summed E-state index contributed by atoms with van der Waals surface area (Å²) in [6, 6.07) is 3.43. The lowest BCUT2D eigenvalue weighted by molar-refractivity contribution is -0.143. The van der Waals surface area contributed by atoms with Crippen molar-refractivity contribution in [2.45, 2.75) is 13.3 Å². The van der Waals surface area contributed by atoms with Gasteiger partial charge in [-0.05, 0) is 24.6 Å². The lowest BCUT2D eigenvalue weighted by Gasteiger charge is -2.05. The van der Waals surface area contributed by atoms with Crippen molar-refractivity contribution < 1.29 is 23.5 Å². The Morgan fingerprint density at radius 3 is 2.74 bits per heavy atom. The molecule has 124 valence electrons. The van der Waals surface area contributed by atoms with E-state index >= 15 is 0 Å². The highest BCUT2D eigenvalue weighted by Crippen LogP contribution is 2.20. The van der Waals surface area contributed by atoms with E-state index in [0.717, 1.165) is 18.6 Å². The van der Waals surface area contributed by atoms with Crippen LogP contribution in [0.25, 0.3) is 6.08 Å². The highest BCUT2D eigenvalue weighted by molar-refractivity contribution is 6.32. The van der Waals surface area contributed by atoms with Crippen LogP contribution in [0.1, 0.15) is 18.9 Å². The second kappa shape index (κ2) is 9.58. The van der Waals surface area contributed by atoms with Crippen molar-refractivity contribution in [1.29, 1.82) is 0 Å². The van der Waals surface area contributed by atoms with Crippen molar-refractivity contribution in [2.75, 3.05) is 13.2 Å². The van der Waals surface area contributed by atoms with Crippen molar-refractivity contribution in [1.82, 2.24) is 10.6 Å². The number of hydrogen-bond donors (Lipinski definition) is 2. The molecule has 1 aromatic carbocycles. The standard InChI is InChI=1S/C15H16ClFN2O4/c1-2-8-18-15(22)19-13(20)9-23-14(21)7-6-10-11(16)4-3-5-12(10)17/h3-7H,2,8-9H2,1H3,(H2,18,19,20,22). The third-order valence-electron chi connectivity index (χ3n) is 2.52. The molecule has 3 amide bonds. The topological polar surface area (TPSA) is 84.5 Å². The molecule has 0 bridgehead atoms. The Balaban J connectivity index is 2.44. The number of benzene rings is 1. The summed E-state index contributed by atoms with van der Waals surface area (Å²) < 4.78 is 18.1. The second-order valence-electron chi connectivity index (χ2n) is 4.38. The van der Waals surface area contributed by atoms with Crippen LogP contribution in [-0.2, 0) is 14.3 Å². The average Bonchev–Trinajstić information content (AvgIpc) is 2.50. The van der Waals surface area contributed by atoms with Crippen LogP contribution in [-0.4, -0.2) is 31.1 Å². The quantitative estimate of drug-likeness (QED) is 0.613. The van der Waals surface area contributed by atoms with E-state index in [9.17, 15) is 18.8 Å². The Kier molecular flexibility index (Phi) is 7.76. The molecule has 0 heterocycles. The lowest BCUT2D eigenvalue weighted by Crippen LogP contribution is -2.41. The highest BCUT2D eigenvalue weighted by Gasteiger charge is 2.09. The van der Waals surface area contributed by atoms with Crippen LogP contribution in [0.2, 0.25) is 5.02 Å². The predicted molar refractivity (Wildman–Crippen MR) is 83.2 cm³/mol. The van der Waals surface area contributed by atoms with Gasteiger partial charge >= 0.3 is 12.0 Å². The van der Waals surface area contributed by atoms with Crippen LogP contribution in [0.4, 0.5) is 9.18 Å². The zero-order chi connectivity index (χ0) is 17.2. The number of hydrogen-bond acceptors (Lipinski definition) is 4. The Morgan fingerprint density at radius 1 is 1.35 bits per heavy atom. The Morgan fingerprint density at radius 2 is 2.09 bits per heavy atom. The third-order valence-corrected chi connectivity index (χ3v) is 2.85. The van der Waals surface area contributed by atoms with Gasteiger partial charge in [0.2, 0.25) is 0 Å². The number of urea groups is 1. The minimum absolute atomic E-state index is 0.0366. The van der Waals surface area contributed by atoms with E-state index < -0.39 is 30.3 Å². The van der Waals surface area contributed by atoms with Crippen LogP contribution >= 0.6 is 11.6 Å². The molecule has 6 nitrogen and oxygen atoms in total. The number of halogens is 2. The SMILES string of the molecule is CCCNC(=O)NC(=O)COC(=O)C=Cc1c(F)cccc1Cl. The molecule has 0 unspecified atom stereocenters. The van der Waals surface area contributed by atoms with Crippen LogP contribution in [0, 0.1) is 5.82 Å². The van der Waals surface area contributed by atoms with Gasteiger partial charge in [0.05, 0.1) is 5.02 Å². The summed E-state index contributed by atoms with van der Waals surface area (Å²) in [5, 5.41) is 4.56. The molecule has 0 spiro atoms. The number of esters is 1. The minimum atomic E-state index is -0.867. The Bertz CT molecular complexity index is 599. The number of ether oxygens (including phenoxy) is 1. The molecule has 0 saturated heterocycles. The molecule has 0 atom stereocenters. The highest BCUT2D eigenvalue weighted by atomic mass is 35.5. The monoisotopic (exact) mass is 342 g/mol. The summed E-state index contributed by atoms with van der Waals surface area (Å²) >= 11 is 5.79. The smallest absolute Gasteiger partial charge is 0.331 e. The maximum absolute atomic E-state index is 13.5. The molecular weight excluding hydrogens is 327 g/mol. The van der Waals surface area contributed by atoms with E-state index in [0.29, 0.717) is 6.54 Å². The van der Waals surface area contributed by atoms with E-state index in [1.54, 1.807) is 0 Å². The molecule has 2 N–H and O–H groups in total. The molecule has 0 aliphatic heterocycles. The molecule has 23 heavy (non-hydrogen) atoms. The summed E-state index contributed by atoms with van der Waals surface area (Å²) in [5.74, 6) is -2.23. The first-order chi connectivity index (χ1) is 10.9. The van der Waals surface area contributed by atoms with Gasteiger partial charge in [0.15, 0.2) is 6.61 Å². The van der Waals surface area contributed by atoms with Crippen molar-refractivity contribution in [3.05, 3.63) is 40.7 Å². The fraction of sp³-hybridized carbons (Fsp3) is 0.267. The van der Waals surface area contributed by atoms with Gasteiger partial charge in [-0.25, -0.2) is 14.0 Å². The number of nitrogens with one attached hydrogen (secondary N) is 2. The van der Waals surface area contributed by atoms with Gasteiger partial charge in [-0.2, -0.15) is 0 Å². The summed E-state index contributed by atoms with van der Waals surface area (Å²) in [7, 11) is 0. The molecule has 8 heteroatoms. The molecule has 0 aliphatic rings. The van der Waals surface area contributed by atoms with Crippen molar-refractivity contribution in [3.63, 3.8) is 0 Å². The van der Waals surface area contributed by atoms with E-state index in [2.05, 4.69) is 10.1 Å². The Labute approximate surface area is 137 Å². The van der Waals surface area contributed by atoms with Gasteiger partial charge in [0, 0.05) is 18.2 Å². The molecule has 1 rings (SSSR count). The van der Waals surface area contributed by atoms with Crippen LogP contribution < -0.4 is 10.6 Å². The van der Waals surface area contributed by atoms with Crippen LogP contribution in [0.3, 0.4) is 0 Å². The summed E-state index contributed by atoms with van der Waals surface area (Å²) in [4.78, 5) is 34.0. The molecule has 0 aromatic heterocycles. The molecule has 0 fully saturated rings. The van der Waals surface area contributed by atoms with Crippen molar-refractivity contribution in [3.8, 4) is 0 Å². The normalized spacial score (nSPS) is 10.4. The van der Waals surface area contributed by atoms with Gasteiger partial charge in [0.1, 0.15) is 5.82 Å². The fourth-order valence-corrected chi connectivity index (χ4v) is 1.68. The summed E-state index contributed by atoms with van der Waals surface area (Å²) in [5.41, 5.74) is 0.0366. The number of rotatable bonds is 6. The zero-order valence-corrected chi connectivity index (χ0v) is 13.2. The third kappa shape index (κ3) is 6.92. The first kappa shape index (κ1) is 18.6. The molecular formula is C15H16ClFN2O4. The van der Waals surface area contributed by atoms with Crippen molar-refractivity contribution >= 4 is 35.6 Å². The molecule has 0 aliphatic carbocycles. The van der Waals surface area contributed by atoms with Gasteiger partial charge < -0.3 is 10.1 Å². The maximum Gasteiger partial charge on any atom is 0.331 e. The second-order valence-corrected chi connectivity index (χ2v) is 4.79. The lowest BCUT2D eigenvalue weighted by atomic mass is 10.2. The van der Waals surface area contributed by atoms with E-state index in [4.69, 9.17) is 11.6 Å². The summed E-state index contributed by atoms with van der Waals surface area (Å²) in [6.07, 6.45) is 2.81. The zero-order valence-electron chi connectivity index (χ0n) is 12.4. The van der Waals surface area contributed by atoms with Gasteiger partial charge in [-0.1, -0.05) is 24.6 Å². The van der Waals surface area contributed by atoms with E-state index in [1.165, 1.54) is 18.2 Å². The van der Waals surface area contributed by atoms with Crippen LogP contribution in [0.15, 0.2) is 24.3 Å². The van der Waals surface area contributed by atoms with E-state index in [-0.39, 0.29) is 10.6 Å². The first-order valence-electron chi connectivity index (χ1n) is 6.80. The molecule has 0 radical (unpaired) electrons. The Hall–Kier alpha value is -2.41.